The first kappa shape index (κ1) is 11.8. The summed E-state index contributed by atoms with van der Waals surface area (Å²) in [6.07, 6.45) is 3.36. The summed E-state index contributed by atoms with van der Waals surface area (Å²) < 4.78 is 10.5. The molecule has 0 radical (unpaired) electrons. The first-order valence-electron chi connectivity index (χ1n) is 6.12. The van der Waals surface area contributed by atoms with Gasteiger partial charge in [-0.1, -0.05) is 5.16 Å². The van der Waals surface area contributed by atoms with E-state index in [1.807, 2.05) is 6.07 Å². The van der Waals surface area contributed by atoms with Gasteiger partial charge in [0, 0.05) is 31.4 Å². The Morgan fingerprint density at radius 2 is 2.42 bits per heavy atom. The fourth-order valence-electron chi connectivity index (χ4n) is 2.08. The lowest BCUT2D eigenvalue weighted by Crippen LogP contribution is -2.04. The molecule has 1 atom stereocenters. The molecule has 19 heavy (non-hydrogen) atoms. The van der Waals surface area contributed by atoms with Crippen LogP contribution >= 0.6 is 0 Å². The fourth-order valence-corrected chi connectivity index (χ4v) is 2.08. The Kier molecular flexibility index (Phi) is 3.21. The lowest BCUT2D eigenvalue weighted by Gasteiger charge is -2.00. The van der Waals surface area contributed by atoms with Gasteiger partial charge in [0.15, 0.2) is 5.82 Å². The standard InChI is InChI=1S/C13H12N4O2/c14-7-11-6-10(1-3-15-11)13-16-12(17-19-13)5-9-2-4-18-8-9/h1,3,6,9H,2,4-5,8H2. The molecular weight excluding hydrogens is 244 g/mol. The third-order valence-electron chi connectivity index (χ3n) is 3.08. The van der Waals surface area contributed by atoms with E-state index in [0.29, 0.717) is 28.9 Å². The van der Waals surface area contributed by atoms with E-state index < -0.39 is 0 Å². The Morgan fingerprint density at radius 1 is 1.47 bits per heavy atom. The average Bonchev–Trinajstić information content (AvgIpc) is 3.11. The van der Waals surface area contributed by atoms with E-state index in [4.69, 9.17) is 14.5 Å². The molecule has 0 bridgehead atoms. The van der Waals surface area contributed by atoms with Gasteiger partial charge in [-0.25, -0.2) is 4.98 Å². The Bertz CT molecular complexity index is 611. The van der Waals surface area contributed by atoms with Crippen LogP contribution in [0.4, 0.5) is 0 Å². The van der Waals surface area contributed by atoms with Crippen molar-refractivity contribution in [2.45, 2.75) is 12.8 Å². The minimum atomic E-state index is 0.335. The number of rotatable bonds is 3. The SMILES string of the molecule is N#Cc1cc(-c2nc(CC3CCOC3)no2)ccn1. The molecule has 1 fully saturated rings. The van der Waals surface area contributed by atoms with Crippen LogP contribution in [-0.2, 0) is 11.2 Å². The van der Waals surface area contributed by atoms with Gasteiger partial charge in [0.25, 0.3) is 5.89 Å². The van der Waals surface area contributed by atoms with E-state index >= 15 is 0 Å². The van der Waals surface area contributed by atoms with Crippen LogP contribution < -0.4 is 0 Å². The first-order valence-corrected chi connectivity index (χ1v) is 6.12. The maximum Gasteiger partial charge on any atom is 0.258 e. The molecule has 1 aliphatic rings. The van der Waals surface area contributed by atoms with E-state index in [1.54, 1.807) is 18.3 Å². The number of nitriles is 1. The van der Waals surface area contributed by atoms with E-state index in [9.17, 15) is 0 Å². The molecule has 0 aromatic carbocycles. The Balaban J connectivity index is 1.78. The monoisotopic (exact) mass is 256 g/mol. The molecule has 1 saturated heterocycles. The van der Waals surface area contributed by atoms with Crippen LogP contribution in [0.15, 0.2) is 22.9 Å². The highest BCUT2D eigenvalue weighted by molar-refractivity contribution is 5.53. The van der Waals surface area contributed by atoms with E-state index in [2.05, 4.69) is 15.1 Å². The normalized spacial score (nSPS) is 18.4. The number of pyridine rings is 1. The Morgan fingerprint density at radius 3 is 3.21 bits per heavy atom. The molecule has 2 aromatic heterocycles. The molecule has 0 aliphatic carbocycles. The average molecular weight is 256 g/mol. The van der Waals surface area contributed by atoms with Crippen molar-refractivity contribution in [2.75, 3.05) is 13.2 Å². The van der Waals surface area contributed by atoms with Crippen molar-refractivity contribution in [1.29, 1.82) is 5.26 Å². The van der Waals surface area contributed by atoms with Gasteiger partial charge < -0.3 is 9.26 Å². The summed E-state index contributed by atoms with van der Waals surface area (Å²) in [6.45, 7) is 1.57. The number of nitrogens with zero attached hydrogens (tertiary/aromatic N) is 4. The Labute approximate surface area is 110 Å². The third-order valence-corrected chi connectivity index (χ3v) is 3.08. The molecule has 1 unspecified atom stereocenters. The van der Waals surface area contributed by atoms with Crippen molar-refractivity contribution in [2.24, 2.45) is 5.92 Å². The van der Waals surface area contributed by atoms with Gasteiger partial charge in [-0.15, -0.1) is 0 Å². The third kappa shape index (κ3) is 2.61. The van der Waals surface area contributed by atoms with Crippen LogP contribution in [0.3, 0.4) is 0 Å². The molecule has 6 heteroatoms. The highest BCUT2D eigenvalue weighted by Gasteiger charge is 2.19. The maximum atomic E-state index is 8.81. The summed E-state index contributed by atoms with van der Waals surface area (Å²) in [5.74, 6) is 1.58. The molecule has 0 spiro atoms. The van der Waals surface area contributed by atoms with E-state index in [0.717, 1.165) is 26.1 Å². The minimum Gasteiger partial charge on any atom is -0.381 e. The van der Waals surface area contributed by atoms with Crippen LogP contribution in [0.25, 0.3) is 11.5 Å². The van der Waals surface area contributed by atoms with Gasteiger partial charge >= 0.3 is 0 Å². The maximum absolute atomic E-state index is 8.81. The predicted molar refractivity (Wildman–Crippen MR) is 64.9 cm³/mol. The largest absolute Gasteiger partial charge is 0.381 e. The topological polar surface area (TPSA) is 84.8 Å². The molecule has 3 heterocycles. The summed E-state index contributed by atoms with van der Waals surface area (Å²) in [4.78, 5) is 8.25. The smallest absolute Gasteiger partial charge is 0.258 e. The van der Waals surface area contributed by atoms with Gasteiger partial charge in [-0.3, -0.25) is 0 Å². The van der Waals surface area contributed by atoms with Gasteiger partial charge in [-0.05, 0) is 24.5 Å². The van der Waals surface area contributed by atoms with Gasteiger partial charge in [0.05, 0.1) is 0 Å². The summed E-state index contributed by atoms with van der Waals surface area (Å²) in [6, 6.07) is 5.37. The van der Waals surface area contributed by atoms with Gasteiger partial charge in [0.2, 0.25) is 0 Å². The molecule has 0 N–H and O–H groups in total. The molecule has 3 rings (SSSR count). The van der Waals surface area contributed by atoms with Gasteiger partial charge in [-0.2, -0.15) is 10.2 Å². The summed E-state index contributed by atoms with van der Waals surface area (Å²) in [5, 5.41) is 12.8. The van der Waals surface area contributed by atoms with Crippen LogP contribution in [-0.4, -0.2) is 28.3 Å². The summed E-state index contributed by atoms with van der Waals surface area (Å²) in [5.41, 5.74) is 1.05. The second-order valence-corrected chi connectivity index (χ2v) is 4.49. The van der Waals surface area contributed by atoms with Crippen molar-refractivity contribution in [3.63, 3.8) is 0 Å². The summed E-state index contributed by atoms with van der Waals surface area (Å²) >= 11 is 0. The molecule has 0 saturated carbocycles. The highest BCUT2D eigenvalue weighted by atomic mass is 16.5. The van der Waals surface area contributed by atoms with Crippen molar-refractivity contribution >= 4 is 0 Å². The van der Waals surface area contributed by atoms with Gasteiger partial charge in [0.1, 0.15) is 11.8 Å². The number of ether oxygens (including phenoxy) is 1. The lowest BCUT2D eigenvalue weighted by atomic mass is 10.1. The molecule has 2 aromatic rings. The molecule has 1 aliphatic heterocycles. The van der Waals surface area contributed by atoms with Crippen LogP contribution in [0.1, 0.15) is 17.9 Å². The summed E-state index contributed by atoms with van der Waals surface area (Å²) in [7, 11) is 0. The lowest BCUT2D eigenvalue weighted by molar-refractivity contribution is 0.185. The second-order valence-electron chi connectivity index (χ2n) is 4.49. The number of hydrogen-bond acceptors (Lipinski definition) is 6. The first-order chi connectivity index (χ1) is 9.35. The molecule has 96 valence electrons. The zero-order chi connectivity index (χ0) is 13.1. The van der Waals surface area contributed by atoms with E-state index in [1.165, 1.54) is 0 Å². The highest BCUT2D eigenvalue weighted by Crippen LogP contribution is 2.20. The quantitative estimate of drug-likeness (QED) is 0.828. The zero-order valence-electron chi connectivity index (χ0n) is 10.2. The molecule has 6 nitrogen and oxygen atoms in total. The van der Waals surface area contributed by atoms with Crippen LogP contribution in [0.5, 0.6) is 0 Å². The van der Waals surface area contributed by atoms with Crippen molar-refractivity contribution in [1.82, 2.24) is 15.1 Å². The fraction of sp³-hybridized carbons (Fsp3) is 0.385. The van der Waals surface area contributed by atoms with E-state index in [-0.39, 0.29) is 0 Å². The van der Waals surface area contributed by atoms with Crippen molar-refractivity contribution < 1.29 is 9.26 Å². The Hall–Kier alpha value is -2.26. The van der Waals surface area contributed by atoms with Crippen molar-refractivity contribution in [3.05, 3.63) is 29.8 Å². The van der Waals surface area contributed by atoms with Crippen LogP contribution in [0, 0.1) is 17.2 Å². The minimum absolute atomic E-state index is 0.335. The number of hydrogen-bond donors (Lipinski definition) is 0. The number of aromatic nitrogens is 3. The molecular formula is C13H12N4O2. The van der Waals surface area contributed by atoms with Crippen molar-refractivity contribution in [3.8, 4) is 17.5 Å². The second kappa shape index (κ2) is 5.16. The zero-order valence-corrected chi connectivity index (χ0v) is 10.2. The predicted octanol–water partition coefficient (Wildman–Crippen LogP) is 1.58. The molecule has 0 amide bonds. The van der Waals surface area contributed by atoms with Crippen LogP contribution in [0.2, 0.25) is 0 Å².